The van der Waals surface area contributed by atoms with Crippen molar-refractivity contribution >= 4 is 23.3 Å². The van der Waals surface area contributed by atoms with Gasteiger partial charge >= 0.3 is 5.97 Å². The maximum atomic E-state index is 12.8. The fourth-order valence-electron chi connectivity index (χ4n) is 4.40. The molecule has 5 heteroatoms. The van der Waals surface area contributed by atoms with Crippen molar-refractivity contribution in [3.05, 3.63) is 59.7 Å². The maximum Gasteiger partial charge on any atom is 0.337 e. The molecule has 2 aliphatic rings. The lowest BCUT2D eigenvalue weighted by molar-refractivity contribution is -0.121. The number of piperidine rings is 1. The van der Waals surface area contributed by atoms with Crippen molar-refractivity contribution in [1.29, 1.82) is 0 Å². The van der Waals surface area contributed by atoms with Gasteiger partial charge in [-0.15, -0.1) is 0 Å². The summed E-state index contributed by atoms with van der Waals surface area (Å²) in [5.74, 6) is -0.263. The number of anilines is 2. The Kier molecular flexibility index (Phi) is 4.38. The van der Waals surface area contributed by atoms with Crippen LogP contribution >= 0.6 is 0 Å². The standard InChI is InChI=1S/C22H24N2O3/c1-22-13-6-9-20(25)24(22)19-15-17(21(26)27-2)10-11-18(19)23(22)14-12-16-7-4-3-5-8-16/h3-5,7-8,10-11,15H,6,9,12-14H2,1-2H3. The van der Waals surface area contributed by atoms with Gasteiger partial charge in [0.1, 0.15) is 5.66 Å². The summed E-state index contributed by atoms with van der Waals surface area (Å²) in [6, 6.07) is 15.9. The molecule has 0 spiro atoms. The van der Waals surface area contributed by atoms with E-state index in [4.69, 9.17) is 4.74 Å². The first-order valence-corrected chi connectivity index (χ1v) is 9.41. The number of methoxy groups -OCH3 is 1. The average molecular weight is 364 g/mol. The van der Waals surface area contributed by atoms with Crippen molar-refractivity contribution in [2.75, 3.05) is 23.5 Å². The van der Waals surface area contributed by atoms with Crippen LogP contribution in [0.1, 0.15) is 42.1 Å². The van der Waals surface area contributed by atoms with Crippen molar-refractivity contribution in [2.45, 2.75) is 38.3 Å². The Bertz CT molecular complexity index is 880. The van der Waals surface area contributed by atoms with Crippen molar-refractivity contribution in [2.24, 2.45) is 0 Å². The number of carbonyl (C=O) groups excluding carboxylic acids is 2. The van der Waals surface area contributed by atoms with Crippen LogP contribution in [0.15, 0.2) is 48.5 Å². The molecule has 1 amide bonds. The van der Waals surface area contributed by atoms with Gasteiger partial charge in [0.15, 0.2) is 0 Å². The molecule has 2 aromatic rings. The van der Waals surface area contributed by atoms with Gasteiger partial charge in [0.05, 0.1) is 24.0 Å². The van der Waals surface area contributed by atoms with Gasteiger partial charge < -0.3 is 9.64 Å². The van der Waals surface area contributed by atoms with Crippen LogP contribution in [0.25, 0.3) is 0 Å². The minimum atomic E-state index is -0.388. The van der Waals surface area contributed by atoms with E-state index in [1.54, 1.807) is 12.1 Å². The molecule has 1 fully saturated rings. The van der Waals surface area contributed by atoms with Crippen LogP contribution in [0.4, 0.5) is 11.4 Å². The molecule has 5 nitrogen and oxygen atoms in total. The summed E-state index contributed by atoms with van der Waals surface area (Å²) in [7, 11) is 1.37. The molecule has 1 unspecified atom stereocenters. The van der Waals surface area contributed by atoms with Crippen LogP contribution in [0.3, 0.4) is 0 Å². The van der Waals surface area contributed by atoms with E-state index in [-0.39, 0.29) is 17.5 Å². The van der Waals surface area contributed by atoms with Crippen LogP contribution in [-0.4, -0.2) is 31.2 Å². The second-order valence-corrected chi connectivity index (χ2v) is 7.38. The van der Waals surface area contributed by atoms with E-state index >= 15 is 0 Å². The SMILES string of the molecule is COC(=O)c1ccc2c(c1)N1C(=O)CCCC1(C)N2CCc1ccccc1. The Morgan fingerprint density at radius 2 is 1.93 bits per heavy atom. The Balaban J connectivity index is 1.73. The number of nitrogens with zero attached hydrogens (tertiary/aromatic N) is 2. The first-order valence-electron chi connectivity index (χ1n) is 9.41. The van der Waals surface area contributed by atoms with Gasteiger partial charge in [-0.2, -0.15) is 0 Å². The highest BCUT2D eigenvalue weighted by atomic mass is 16.5. The lowest BCUT2D eigenvalue weighted by Crippen LogP contribution is -2.59. The zero-order valence-corrected chi connectivity index (χ0v) is 15.8. The van der Waals surface area contributed by atoms with Crippen LogP contribution in [0, 0.1) is 0 Å². The van der Waals surface area contributed by atoms with Crippen molar-refractivity contribution in [1.82, 2.24) is 0 Å². The van der Waals surface area contributed by atoms with Crippen molar-refractivity contribution in [3.63, 3.8) is 0 Å². The average Bonchev–Trinajstić information content (AvgIpc) is 2.94. The van der Waals surface area contributed by atoms with Crippen LogP contribution in [0.5, 0.6) is 0 Å². The summed E-state index contributed by atoms with van der Waals surface area (Å²) in [5, 5.41) is 0. The minimum Gasteiger partial charge on any atom is -0.465 e. The monoisotopic (exact) mass is 364 g/mol. The highest BCUT2D eigenvalue weighted by Gasteiger charge is 2.50. The quantitative estimate of drug-likeness (QED) is 0.775. The predicted molar refractivity (Wildman–Crippen MR) is 105 cm³/mol. The van der Waals surface area contributed by atoms with E-state index in [0.717, 1.165) is 37.2 Å². The second kappa shape index (κ2) is 6.72. The first kappa shape index (κ1) is 17.6. The molecule has 0 saturated carbocycles. The van der Waals surface area contributed by atoms with Crippen LogP contribution in [0.2, 0.25) is 0 Å². The lowest BCUT2D eigenvalue weighted by atomic mass is 9.95. The number of amides is 1. The molecule has 1 saturated heterocycles. The number of rotatable bonds is 4. The van der Waals surface area contributed by atoms with Gasteiger partial charge in [0, 0.05) is 13.0 Å². The van der Waals surface area contributed by atoms with Crippen molar-refractivity contribution in [3.8, 4) is 0 Å². The fourth-order valence-corrected chi connectivity index (χ4v) is 4.40. The topological polar surface area (TPSA) is 49.9 Å². The van der Waals surface area contributed by atoms with E-state index in [1.807, 2.05) is 29.2 Å². The highest BCUT2D eigenvalue weighted by molar-refractivity contribution is 6.04. The zero-order chi connectivity index (χ0) is 19.0. The Morgan fingerprint density at radius 1 is 1.15 bits per heavy atom. The van der Waals surface area contributed by atoms with E-state index in [2.05, 4.69) is 24.0 Å². The van der Waals surface area contributed by atoms with Gasteiger partial charge in [-0.25, -0.2) is 4.79 Å². The van der Waals surface area contributed by atoms with Gasteiger partial charge in [0.25, 0.3) is 0 Å². The summed E-state index contributed by atoms with van der Waals surface area (Å²) in [5.41, 5.74) is 3.19. The van der Waals surface area contributed by atoms with E-state index in [0.29, 0.717) is 12.0 Å². The smallest absolute Gasteiger partial charge is 0.337 e. The largest absolute Gasteiger partial charge is 0.465 e. The number of ether oxygens (including phenoxy) is 1. The third-order valence-electron chi connectivity index (χ3n) is 5.75. The molecule has 0 aromatic heterocycles. The first-order chi connectivity index (χ1) is 13.0. The van der Waals surface area contributed by atoms with E-state index in [1.165, 1.54) is 12.7 Å². The molecular weight excluding hydrogens is 340 g/mol. The predicted octanol–water partition coefficient (Wildman–Crippen LogP) is 3.77. The molecule has 1 atom stereocenters. The van der Waals surface area contributed by atoms with Crippen LogP contribution in [-0.2, 0) is 16.0 Å². The Labute approximate surface area is 159 Å². The summed E-state index contributed by atoms with van der Waals surface area (Å²) in [4.78, 5) is 29.0. The molecule has 0 radical (unpaired) electrons. The zero-order valence-electron chi connectivity index (χ0n) is 15.8. The summed E-state index contributed by atoms with van der Waals surface area (Å²) < 4.78 is 4.86. The molecule has 2 heterocycles. The van der Waals surface area contributed by atoms with E-state index in [9.17, 15) is 9.59 Å². The minimum absolute atomic E-state index is 0.120. The Morgan fingerprint density at radius 3 is 2.67 bits per heavy atom. The second-order valence-electron chi connectivity index (χ2n) is 7.38. The summed E-state index contributed by atoms with van der Waals surface area (Å²) in [6.45, 7) is 2.95. The highest BCUT2D eigenvalue weighted by Crippen LogP contribution is 2.49. The number of fused-ring (bicyclic) bond motifs is 3. The number of esters is 1. The van der Waals surface area contributed by atoms with Gasteiger partial charge in [-0.1, -0.05) is 30.3 Å². The molecule has 27 heavy (non-hydrogen) atoms. The summed E-state index contributed by atoms with van der Waals surface area (Å²) in [6.07, 6.45) is 3.24. The maximum absolute atomic E-state index is 12.8. The number of benzene rings is 2. The fraction of sp³-hybridized carbons (Fsp3) is 0.364. The van der Waals surface area contributed by atoms with Gasteiger partial charge in [0.2, 0.25) is 5.91 Å². The molecule has 0 bridgehead atoms. The number of carbonyl (C=O) groups is 2. The van der Waals surface area contributed by atoms with E-state index < -0.39 is 0 Å². The van der Waals surface area contributed by atoms with Gasteiger partial charge in [-0.05, 0) is 49.9 Å². The summed E-state index contributed by atoms with van der Waals surface area (Å²) >= 11 is 0. The van der Waals surface area contributed by atoms with Gasteiger partial charge in [-0.3, -0.25) is 9.69 Å². The third kappa shape index (κ3) is 2.87. The van der Waals surface area contributed by atoms with Crippen LogP contribution < -0.4 is 9.80 Å². The molecule has 140 valence electrons. The molecule has 0 N–H and O–H groups in total. The molecule has 2 aliphatic heterocycles. The number of hydrogen-bond donors (Lipinski definition) is 0. The molecule has 0 aliphatic carbocycles. The normalized spacial score (nSPS) is 21.0. The molecular formula is C22H24N2O3. The lowest BCUT2D eigenvalue weighted by Gasteiger charge is -2.45. The van der Waals surface area contributed by atoms with Crippen molar-refractivity contribution < 1.29 is 14.3 Å². The number of hydrogen-bond acceptors (Lipinski definition) is 4. The Hall–Kier alpha value is -2.82. The molecule has 4 rings (SSSR count). The third-order valence-corrected chi connectivity index (χ3v) is 5.75. The molecule has 2 aromatic carbocycles.